The van der Waals surface area contributed by atoms with Gasteiger partial charge in [-0.15, -0.1) is 4.72 Å². The minimum atomic E-state index is -2.95. The van der Waals surface area contributed by atoms with Gasteiger partial charge in [-0.05, 0) is 87.2 Å². The van der Waals surface area contributed by atoms with Crippen LogP contribution in [-0.4, -0.2) is 28.1 Å². The number of halogens is 2. The first kappa shape index (κ1) is 32.0. The van der Waals surface area contributed by atoms with Gasteiger partial charge < -0.3 is 9.12 Å². The highest BCUT2D eigenvalue weighted by Gasteiger charge is 2.31. The number of carbonyl (C=O) groups excluding carboxylic acids is 1. The van der Waals surface area contributed by atoms with E-state index in [1.807, 2.05) is 27.7 Å². The number of nitrogens with one attached hydrogen (secondary N) is 2. The summed E-state index contributed by atoms with van der Waals surface area (Å²) in [5.41, 5.74) is 1.88. The zero-order valence-electron chi connectivity index (χ0n) is 23.1. The van der Waals surface area contributed by atoms with Crippen molar-refractivity contribution in [2.45, 2.75) is 57.9 Å². The molecule has 12 heteroatoms. The zero-order chi connectivity index (χ0) is 29.9. The summed E-state index contributed by atoms with van der Waals surface area (Å²) in [6, 6.07) is 8.33. The molecule has 2 N–H and O–H groups in total. The van der Waals surface area contributed by atoms with Gasteiger partial charge in [-0.3, -0.25) is 9.59 Å². The molecule has 0 aliphatic heterocycles. The van der Waals surface area contributed by atoms with Crippen molar-refractivity contribution in [3.63, 3.8) is 0 Å². The van der Waals surface area contributed by atoms with Gasteiger partial charge in [0.05, 0.1) is 6.04 Å². The number of benzene rings is 2. The summed E-state index contributed by atoms with van der Waals surface area (Å²) in [6.07, 6.45) is 2.06. The first-order valence-corrected chi connectivity index (χ1v) is 15.3. The molecule has 3 atom stereocenters. The number of aryl methyl sites for hydroxylation is 1. The minimum Gasteiger partial charge on any atom is -0.598 e. The summed E-state index contributed by atoms with van der Waals surface area (Å²) in [5, 5.41) is 0.149. The van der Waals surface area contributed by atoms with E-state index in [0.717, 1.165) is 0 Å². The van der Waals surface area contributed by atoms with Crippen LogP contribution in [0.15, 0.2) is 53.5 Å². The third-order valence-corrected chi connectivity index (χ3v) is 8.93. The zero-order valence-corrected chi connectivity index (χ0v) is 25.5. The van der Waals surface area contributed by atoms with Crippen LogP contribution in [-0.2, 0) is 29.3 Å². The Labute approximate surface area is 243 Å². The lowest BCUT2D eigenvalue weighted by atomic mass is 9.88. The van der Waals surface area contributed by atoms with Gasteiger partial charge in [0, 0.05) is 58.4 Å². The number of thiol groups is 1. The lowest BCUT2D eigenvalue weighted by molar-refractivity contribution is 0.103. The van der Waals surface area contributed by atoms with Crippen molar-refractivity contribution in [2.75, 3.05) is 0 Å². The number of nitrogens with zero attached hydrogens (tertiary/aromatic N) is 1. The van der Waals surface area contributed by atoms with Crippen LogP contribution in [0, 0.1) is 5.82 Å². The number of ketones is 1. The molecule has 2 aromatic carbocycles. The highest BCUT2D eigenvalue weighted by molar-refractivity contribution is 7.90. The van der Waals surface area contributed by atoms with E-state index in [1.54, 1.807) is 26.2 Å². The Balaban J connectivity index is 2.35. The fourth-order valence-corrected chi connectivity index (χ4v) is 5.84. The van der Waals surface area contributed by atoms with Crippen molar-refractivity contribution in [1.29, 1.82) is 0 Å². The Bertz CT molecular complexity index is 1530. The number of pyridine rings is 1. The topological polar surface area (TPSA) is 120 Å². The van der Waals surface area contributed by atoms with Crippen LogP contribution in [0.4, 0.5) is 4.39 Å². The first-order chi connectivity index (χ1) is 18.6. The van der Waals surface area contributed by atoms with E-state index in [1.165, 1.54) is 41.0 Å². The van der Waals surface area contributed by atoms with E-state index in [-0.39, 0.29) is 21.7 Å². The molecule has 0 aliphatic carbocycles. The molecule has 0 aliphatic rings. The molecule has 0 fully saturated rings. The summed E-state index contributed by atoms with van der Waals surface area (Å²) in [7, 11) is -1.38. The predicted octanol–water partition coefficient (Wildman–Crippen LogP) is 4.76. The molecule has 216 valence electrons. The third-order valence-electron chi connectivity index (χ3n) is 6.39. The van der Waals surface area contributed by atoms with Crippen molar-refractivity contribution >= 4 is 39.6 Å². The molecular formula is C28H33ClFN3O5S2. The number of hydrogen-bond acceptors (Lipinski definition) is 6. The van der Waals surface area contributed by atoms with E-state index in [9.17, 15) is 27.0 Å². The van der Waals surface area contributed by atoms with Gasteiger partial charge in [0.15, 0.2) is 5.78 Å². The fourth-order valence-electron chi connectivity index (χ4n) is 4.15. The predicted molar refractivity (Wildman–Crippen MR) is 158 cm³/mol. The second kappa shape index (κ2) is 13.0. The van der Waals surface area contributed by atoms with Crippen molar-refractivity contribution in [1.82, 2.24) is 14.0 Å². The molecule has 0 saturated carbocycles. The van der Waals surface area contributed by atoms with E-state index in [0.29, 0.717) is 28.7 Å². The van der Waals surface area contributed by atoms with Crippen molar-refractivity contribution < 1.29 is 22.2 Å². The molecular weight excluding hydrogens is 577 g/mol. The number of hydrogen-bond donors (Lipinski definition) is 3. The molecule has 0 spiro atoms. The lowest BCUT2D eigenvalue weighted by Crippen LogP contribution is -2.41. The monoisotopic (exact) mass is 609 g/mol. The smallest absolute Gasteiger partial charge is 0.250 e. The number of aromatic nitrogens is 1. The Morgan fingerprint density at radius 3 is 2.30 bits per heavy atom. The average Bonchev–Trinajstić information content (AvgIpc) is 2.87. The maximum absolute atomic E-state index is 13.7. The van der Waals surface area contributed by atoms with Crippen molar-refractivity contribution in [2.24, 2.45) is 7.05 Å². The Hall–Kier alpha value is -2.54. The van der Waals surface area contributed by atoms with Crippen LogP contribution in [0.25, 0.3) is 11.1 Å². The molecule has 2 unspecified atom stereocenters. The summed E-state index contributed by atoms with van der Waals surface area (Å²) in [6.45, 7) is 8.98. The molecule has 0 bridgehead atoms. The maximum atomic E-state index is 13.7. The lowest BCUT2D eigenvalue weighted by Gasteiger charge is -2.29. The van der Waals surface area contributed by atoms with E-state index in [2.05, 4.69) is 9.44 Å². The van der Waals surface area contributed by atoms with Crippen LogP contribution in [0.2, 0.25) is 5.02 Å². The quantitative estimate of drug-likeness (QED) is 0.173. The molecule has 1 heterocycles. The molecule has 40 heavy (non-hydrogen) atoms. The molecule has 1 aromatic heterocycles. The van der Waals surface area contributed by atoms with Crippen molar-refractivity contribution in [3.05, 3.63) is 92.1 Å². The van der Waals surface area contributed by atoms with Crippen LogP contribution in [0.3, 0.4) is 0 Å². The number of carbonyl (C=O) groups is 1. The van der Waals surface area contributed by atoms with Gasteiger partial charge in [0.2, 0.25) is 10.9 Å². The minimum absolute atomic E-state index is 0.149. The van der Waals surface area contributed by atoms with Crippen LogP contribution < -0.4 is 15.0 Å². The second-order valence-corrected chi connectivity index (χ2v) is 13.6. The Morgan fingerprint density at radius 1 is 1.12 bits per heavy atom. The molecule has 0 amide bonds. The summed E-state index contributed by atoms with van der Waals surface area (Å²) >= 11 is 5.10. The van der Waals surface area contributed by atoms with Crippen LogP contribution >= 0.6 is 11.6 Å². The summed E-state index contributed by atoms with van der Waals surface area (Å²) in [4.78, 5) is 26.6. The van der Waals surface area contributed by atoms with Gasteiger partial charge in [-0.2, -0.15) is 0 Å². The van der Waals surface area contributed by atoms with Gasteiger partial charge in [-0.25, -0.2) is 17.5 Å². The van der Waals surface area contributed by atoms with Crippen LogP contribution in [0.5, 0.6) is 0 Å². The Kier molecular flexibility index (Phi) is 10.4. The molecule has 3 aromatic rings. The Morgan fingerprint density at radius 2 is 1.75 bits per heavy atom. The molecule has 0 radical (unpaired) electrons. The van der Waals surface area contributed by atoms with E-state index in [4.69, 9.17) is 11.6 Å². The summed E-state index contributed by atoms with van der Waals surface area (Å²) < 4.78 is 55.8. The third kappa shape index (κ3) is 7.39. The molecule has 0 saturated heterocycles. The second-order valence-electron chi connectivity index (χ2n) is 10.4. The molecule has 8 nitrogen and oxygen atoms in total. The van der Waals surface area contributed by atoms with Gasteiger partial charge in [0.25, 0.3) is 5.56 Å². The average molecular weight is 610 g/mol. The standard InChI is InChI=1S/C28H33ClFN3O5S2/c1-7-25(32-39(36)28(3,4)5)21-14-26(34)33(6)15-23(21)20-12-19(16(2)31-40(37)38)24(29)13-22(20)27(35)17-8-10-18(30)11-9-17/h8-16,25,32,40H,7H2,1-6H3,(H,31,37,38)/t16?,25-,39?/m0/s1. The largest absolute Gasteiger partial charge is 0.598 e. The van der Waals surface area contributed by atoms with Crippen LogP contribution in [0.1, 0.15) is 80.2 Å². The summed E-state index contributed by atoms with van der Waals surface area (Å²) in [5.74, 6) is -0.945. The molecule has 3 rings (SSSR count). The van der Waals surface area contributed by atoms with Gasteiger partial charge in [-0.1, -0.05) is 18.5 Å². The van der Waals surface area contributed by atoms with Gasteiger partial charge in [0.1, 0.15) is 10.6 Å². The number of rotatable bonds is 10. The van der Waals surface area contributed by atoms with E-state index >= 15 is 0 Å². The highest BCUT2D eigenvalue weighted by atomic mass is 35.5. The highest BCUT2D eigenvalue weighted by Crippen LogP contribution is 2.38. The maximum Gasteiger partial charge on any atom is 0.250 e. The first-order valence-electron chi connectivity index (χ1n) is 12.6. The SMILES string of the molecule is CC[C@H](N[S+]([O-])C(C)(C)C)c1cc(=O)n(C)cc1-c1cc(C(C)N[SH](=O)=O)c(Cl)cc1C(=O)c1ccc(F)cc1. The fraction of sp³-hybridized carbons (Fsp3) is 0.357. The van der Waals surface area contributed by atoms with Crippen molar-refractivity contribution in [3.8, 4) is 11.1 Å². The normalized spacial score (nSPS) is 14.2. The van der Waals surface area contributed by atoms with E-state index < -0.39 is 50.7 Å². The van der Waals surface area contributed by atoms with Gasteiger partial charge >= 0.3 is 0 Å².